The molecular weight excluding hydrogens is 280 g/mol. The number of pyridine rings is 1. The third kappa shape index (κ3) is 4.05. The first-order valence-electron chi connectivity index (χ1n) is 7.11. The molecule has 0 radical (unpaired) electrons. The second-order valence-electron chi connectivity index (χ2n) is 5.02. The Morgan fingerprint density at radius 2 is 2.23 bits per heavy atom. The molecule has 5 nitrogen and oxygen atoms in total. The average Bonchev–Trinajstić information content (AvgIpc) is 2.55. The Hall–Kier alpha value is -2.40. The van der Waals surface area contributed by atoms with Gasteiger partial charge in [-0.15, -0.1) is 0 Å². The standard InChI is InChI=1S/C17H20N2O3/c1-12-11-18-8-6-13(12)7-9-19-17(21)16(20)14-4-3-5-15(10-14)22-2/h3-6,8,10-11,16,20H,7,9H2,1-2H3,(H,19,21). The first kappa shape index (κ1) is 16.0. The molecule has 1 aromatic heterocycles. The third-order valence-electron chi connectivity index (χ3n) is 3.49. The number of aliphatic hydroxyl groups excluding tert-OH is 1. The van der Waals surface area contributed by atoms with Gasteiger partial charge in [0.1, 0.15) is 5.75 Å². The van der Waals surface area contributed by atoms with Gasteiger partial charge in [0.25, 0.3) is 5.91 Å². The van der Waals surface area contributed by atoms with Crippen molar-refractivity contribution in [1.29, 1.82) is 0 Å². The molecule has 0 saturated heterocycles. The van der Waals surface area contributed by atoms with Gasteiger partial charge in [-0.25, -0.2) is 0 Å². The highest BCUT2D eigenvalue weighted by molar-refractivity contribution is 5.82. The molecule has 0 bridgehead atoms. The zero-order valence-corrected chi connectivity index (χ0v) is 12.7. The topological polar surface area (TPSA) is 71.5 Å². The van der Waals surface area contributed by atoms with Gasteiger partial charge in [0.15, 0.2) is 6.10 Å². The number of carbonyl (C=O) groups excluding carboxylic acids is 1. The minimum atomic E-state index is -1.20. The number of rotatable bonds is 6. The predicted octanol–water partition coefficient (Wildman–Crippen LogP) is 1.79. The van der Waals surface area contributed by atoms with E-state index in [-0.39, 0.29) is 0 Å². The second-order valence-corrected chi connectivity index (χ2v) is 5.02. The molecule has 0 fully saturated rings. The predicted molar refractivity (Wildman–Crippen MR) is 83.6 cm³/mol. The fourth-order valence-electron chi connectivity index (χ4n) is 2.16. The molecule has 116 valence electrons. The summed E-state index contributed by atoms with van der Waals surface area (Å²) in [6, 6.07) is 8.78. The van der Waals surface area contributed by atoms with Crippen LogP contribution in [0.1, 0.15) is 22.8 Å². The summed E-state index contributed by atoms with van der Waals surface area (Å²) in [5.41, 5.74) is 2.73. The van der Waals surface area contributed by atoms with Crippen LogP contribution in [0.2, 0.25) is 0 Å². The van der Waals surface area contributed by atoms with E-state index in [2.05, 4.69) is 10.3 Å². The van der Waals surface area contributed by atoms with Crippen molar-refractivity contribution in [2.24, 2.45) is 0 Å². The molecule has 0 aliphatic rings. The number of nitrogens with one attached hydrogen (secondary N) is 1. The third-order valence-corrected chi connectivity index (χ3v) is 3.49. The smallest absolute Gasteiger partial charge is 0.253 e. The molecule has 5 heteroatoms. The van der Waals surface area contributed by atoms with Crippen LogP contribution in [0.4, 0.5) is 0 Å². The summed E-state index contributed by atoms with van der Waals surface area (Å²) in [6.45, 7) is 2.44. The van der Waals surface area contributed by atoms with Crippen LogP contribution in [-0.4, -0.2) is 29.7 Å². The summed E-state index contributed by atoms with van der Waals surface area (Å²) in [7, 11) is 1.54. The van der Waals surface area contributed by atoms with Crippen LogP contribution in [0.3, 0.4) is 0 Å². The normalized spacial score (nSPS) is 11.8. The zero-order valence-electron chi connectivity index (χ0n) is 12.7. The molecule has 1 amide bonds. The Morgan fingerprint density at radius 3 is 2.95 bits per heavy atom. The Kier molecular flexibility index (Phi) is 5.49. The van der Waals surface area contributed by atoms with Crippen LogP contribution in [0.25, 0.3) is 0 Å². The minimum Gasteiger partial charge on any atom is -0.497 e. The lowest BCUT2D eigenvalue weighted by atomic mass is 10.1. The first-order valence-corrected chi connectivity index (χ1v) is 7.11. The maximum absolute atomic E-state index is 12.0. The van der Waals surface area contributed by atoms with Crippen molar-refractivity contribution < 1.29 is 14.6 Å². The quantitative estimate of drug-likeness (QED) is 0.853. The number of aromatic nitrogens is 1. The van der Waals surface area contributed by atoms with Gasteiger partial charge in [0.05, 0.1) is 7.11 Å². The number of aryl methyl sites for hydroxylation is 1. The zero-order chi connectivity index (χ0) is 15.9. The highest BCUT2D eigenvalue weighted by Gasteiger charge is 2.17. The lowest BCUT2D eigenvalue weighted by Crippen LogP contribution is -2.31. The summed E-state index contributed by atoms with van der Waals surface area (Å²) >= 11 is 0. The fraction of sp³-hybridized carbons (Fsp3) is 0.294. The van der Waals surface area contributed by atoms with E-state index in [1.165, 1.54) is 0 Å². The van der Waals surface area contributed by atoms with Crippen LogP contribution >= 0.6 is 0 Å². The Morgan fingerprint density at radius 1 is 1.41 bits per heavy atom. The van der Waals surface area contributed by atoms with E-state index in [0.29, 0.717) is 24.3 Å². The highest BCUT2D eigenvalue weighted by atomic mass is 16.5. The Labute approximate surface area is 130 Å². The molecule has 0 saturated carbocycles. The number of methoxy groups -OCH3 is 1. The second kappa shape index (κ2) is 7.56. The van der Waals surface area contributed by atoms with E-state index in [4.69, 9.17) is 4.74 Å². The largest absolute Gasteiger partial charge is 0.497 e. The number of carbonyl (C=O) groups is 1. The van der Waals surface area contributed by atoms with E-state index in [1.807, 2.05) is 13.0 Å². The molecule has 0 aliphatic heterocycles. The molecule has 1 atom stereocenters. The number of amides is 1. The number of nitrogens with zero attached hydrogens (tertiary/aromatic N) is 1. The molecule has 0 aliphatic carbocycles. The summed E-state index contributed by atoms with van der Waals surface area (Å²) in [6.07, 6.45) is 3.02. The summed E-state index contributed by atoms with van der Waals surface area (Å²) < 4.78 is 5.09. The van der Waals surface area contributed by atoms with Crippen molar-refractivity contribution in [2.75, 3.05) is 13.7 Å². The van der Waals surface area contributed by atoms with Crippen molar-refractivity contribution in [1.82, 2.24) is 10.3 Å². The van der Waals surface area contributed by atoms with Crippen LogP contribution in [0, 0.1) is 6.92 Å². The van der Waals surface area contributed by atoms with Gasteiger partial charge in [-0.05, 0) is 48.2 Å². The number of aliphatic hydroxyl groups is 1. The number of hydrogen-bond acceptors (Lipinski definition) is 4. The van der Waals surface area contributed by atoms with Crippen molar-refractivity contribution in [3.63, 3.8) is 0 Å². The minimum absolute atomic E-state index is 0.417. The van der Waals surface area contributed by atoms with Gasteiger partial charge in [-0.2, -0.15) is 0 Å². The van der Waals surface area contributed by atoms with Crippen molar-refractivity contribution in [2.45, 2.75) is 19.4 Å². The first-order chi connectivity index (χ1) is 10.6. The molecular formula is C17H20N2O3. The average molecular weight is 300 g/mol. The summed E-state index contributed by atoms with van der Waals surface area (Å²) in [5, 5.41) is 12.8. The molecule has 2 rings (SSSR count). The van der Waals surface area contributed by atoms with Crippen molar-refractivity contribution in [3.8, 4) is 5.75 Å². The van der Waals surface area contributed by atoms with Crippen LogP contribution in [0.15, 0.2) is 42.7 Å². The van der Waals surface area contributed by atoms with Crippen molar-refractivity contribution >= 4 is 5.91 Å². The van der Waals surface area contributed by atoms with Gasteiger partial charge < -0.3 is 15.2 Å². The van der Waals surface area contributed by atoms with Crippen molar-refractivity contribution in [3.05, 3.63) is 59.4 Å². The summed E-state index contributed by atoms with van der Waals surface area (Å²) in [5.74, 6) is 0.191. The molecule has 0 spiro atoms. The number of benzene rings is 1. The molecule has 1 unspecified atom stereocenters. The maximum atomic E-state index is 12.0. The van der Waals surface area contributed by atoms with E-state index in [0.717, 1.165) is 11.1 Å². The summed E-state index contributed by atoms with van der Waals surface area (Å²) in [4.78, 5) is 16.0. The molecule has 22 heavy (non-hydrogen) atoms. The Bertz CT molecular complexity index is 643. The number of hydrogen-bond donors (Lipinski definition) is 2. The highest BCUT2D eigenvalue weighted by Crippen LogP contribution is 2.19. The van der Waals surface area contributed by atoms with Gasteiger partial charge >= 0.3 is 0 Å². The van der Waals surface area contributed by atoms with E-state index < -0.39 is 12.0 Å². The Balaban J connectivity index is 1.90. The van der Waals surface area contributed by atoms with Gasteiger partial charge in [0.2, 0.25) is 0 Å². The van der Waals surface area contributed by atoms with Crippen LogP contribution in [-0.2, 0) is 11.2 Å². The molecule has 2 aromatic rings. The van der Waals surface area contributed by atoms with E-state index >= 15 is 0 Å². The molecule has 2 N–H and O–H groups in total. The van der Waals surface area contributed by atoms with Crippen LogP contribution in [0.5, 0.6) is 5.75 Å². The van der Waals surface area contributed by atoms with E-state index in [9.17, 15) is 9.90 Å². The lowest BCUT2D eigenvalue weighted by molar-refractivity contribution is -0.129. The molecule has 1 aromatic carbocycles. The maximum Gasteiger partial charge on any atom is 0.253 e. The monoisotopic (exact) mass is 300 g/mol. The lowest BCUT2D eigenvalue weighted by Gasteiger charge is -2.13. The SMILES string of the molecule is COc1cccc(C(O)C(=O)NCCc2ccncc2C)c1. The molecule has 1 heterocycles. The van der Waals surface area contributed by atoms with Crippen LogP contribution < -0.4 is 10.1 Å². The van der Waals surface area contributed by atoms with Gasteiger partial charge in [-0.1, -0.05) is 12.1 Å². The fourth-order valence-corrected chi connectivity index (χ4v) is 2.16. The van der Waals surface area contributed by atoms with Gasteiger partial charge in [-0.3, -0.25) is 9.78 Å². The number of ether oxygens (including phenoxy) is 1. The van der Waals surface area contributed by atoms with E-state index in [1.54, 1.807) is 43.8 Å². The van der Waals surface area contributed by atoms with Gasteiger partial charge in [0, 0.05) is 18.9 Å².